The first kappa shape index (κ1) is 15.6. The Labute approximate surface area is 136 Å². The van der Waals surface area contributed by atoms with Gasteiger partial charge in [-0.3, -0.25) is 0 Å². The third kappa shape index (κ3) is 3.55. The minimum atomic E-state index is -0.0712. The van der Waals surface area contributed by atoms with Gasteiger partial charge in [-0.1, -0.05) is 24.2 Å². The molecule has 1 aliphatic rings. The van der Waals surface area contributed by atoms with Crippen molar-refractivity contribution in [2.24, 2.45) is 0 Å². The first-order chi connectivity index (χ1) is 11.2. The number of amides is 2. The molecule has 5 nitrogen and oxygen atoms in total. The Morgan fingerprint density at radius 1 is 1.43 bits per heavy atom. The lowest BCUT2D eigenvalue weighted by Crippen LogP contribution is -2.34. The molecular formula is C18H23N3O2. The molecule has 0 radical (unpaired) electrons. The minimum absolute atomic E-state index is 0.00849. The molecule has 0 saturated carbocycles. The topological polar surface area (TPSA) is 58.4 Å². The molecule has 1 atom stereocenters. The highest BCUT2D eigenvalue weighted by Crippen LogP contribution is 2.32. The molecule has 5 heteroatoms. The monoisotopic (exact) mass is 313 g/mol. The maximum atomic E-state index is 12.6. The van der Waals surface area contributed by atoms with E-state index in [0.29, 0.717) is 0 Å². The average molecular weight is 313 g/mol. The third-order valence-electron chi connectivity index (χ3n) is 4.20. The summed E-state index contributed by atoms with van der Waals surface area (Å²) in [5.74, 6) is 0.897. The van der Waals surface area contributed by atoms with Crippen LogP contribution in [0.4, 0.5) is 10.5 Å². The van der Waals surface area contributed by atoms with E-state index in [2.05, 4.69) is 17.4 Å². The molecule has 0 bridgehead atoms. The molecule has 1 fully saturated rings. The van der Waals surface area contributed by atoms with Gasteiger partial charge in [-0.2, -0.15) is 0 Å². The van der Waals surface area contributed by atoms with E-state index in [4.69, 9.17) is 4.52 Å². The number of nitrogens with one attached hydrogen (secondary N) is 1. The van der Waals surface area contributed by atoms with Crippen LogP contribution in [0.15, 0.2) is 34.9 Å². The van der Waals surface area contributed by atoms with E-state index in [0.717, 1.165) is 54.9 Å². The molecule has 1 N–H and O–H groups in total. The van der Waals surface area contributed by atoms with Crippen LogP contribution in [-0.4, -0.2) is 22.6 Å². The summed E-state index contributed by atoms with van der Waals surface area (Å²) in [6, 6.07) is 9.77. The van der Waals surface area contributed by atoms with Gasteiger partial charge in [0.25, 0.3) is 0 Å². The molecule has 2 amide bonds. The maximum Gasteiger partial charge on any atom is 0.322 e. The molecule has 3 rings (SSSR count). The number of urea groups is 1. The lowest BCUT2D eigenvalue weighted by atomic mass is 10.1. The normalized spacial score (nSPS) is 17.5. The second-order valence-electron chi connectivity index (χ2n) is 6.12. The molecule has 1 aromatic heterocycles. The fourth-order valence-corrected chi connectivity index (χ4v) is 3.09. The van der Waals surface area contributed by atoms with Crippen LogP contribution in [0.3, 0.4) is 0 Å². The Bertz CT molecular complexity index is 680. The molecule has 1 saturated heterocycles. The molecule has 1 aliphatic heterocycles. The summed E-state index contributed by atoms with van der Waals surface area (Å²) in [5, 5.41) is 7.16. The Morgan fingerprint density at radius 2 is 2.30 bits per heavy atom. The van der Waals surface area contributed by atoms with Gasteiger partial charge in [-0.05, 0) is 43.9 Å². The van der Waals surface area contributed by atoms with Crippen molar-refractivity contribution >= 4 is 11.7 Å². The van der Waals surface area contributed by atoms with E-state index in [1.54, 1.807) is 0 Å². The number of carbonyl (C=O) groups excluding carboxylic acids is 1. The molecule has 0 aliphatic carbocycles. The van der Waals surface area contributed by atoms with Crippen LogP contribution < -0.4 is 5.32 Å². The zero-order valence-electron chi connectivity index (χ0n) is 13.7. The van der Waals surface area contributed by atoms with E-state index >= 15 is 0 Å². The van der Waals surface area contributed by atoms with Crippen LogP contribution in [0.25, 0.3) is 0 Å². The number of rotatable bonds is 4. The van der Waals surface area contributed by atoms with Crippen molar-refractivity contribution < 1.29 is 9.32 Å². The van der Waals surface area contributed by atoms with E-state index in [9.17, 15) is 4.79 Å². The fraction of sp³-hybridized carbons (Fsp3) is 0.444. The largest absolute Gasteiger partial charge is 0.361 e. The van der Waals surface area contributed by atoms with Crippen LogP contribution in [0.2, 0.25) is 0 Å². The molecule has 2 aromatic rings. The predicted molar refractivity (Wildman–Crippen MR) is 89.4 cm³/mol. The average Bonchev–Trinajstić information content (AvgIpc) is 3.16. The van der Waals surface area contributed by atoms with Crippen LogP contribution in [0, 0.1) is 6.92 Å². The van der Waals surface area contributed by atoms with Crippen molar-refractivity contribution in [1.29, 1.82) is 0 Å². The first-order valence-corrected chi connectivity index (χ1v) is 8.27. The van der Waals surface area contributed by atoms with Gasteiger partial charge in [0.2, 0.25) is 0 Å². The number of nitrogens with zero attached hydrogens (tertiary/aromatic N) is 2. The maximum absolute atomic E-state index is 12.6. The van der Waals surface area contributed by atoms with E-state index in [-0.39, 0.29) is 12.1 Å². The zero-order chi connectivity index (χ0) is 16.2. The minimum Gasteiger partial charge on any atom is -0.361 e. The summed E-state index contributed by atoms with van der Waals surface area (Å²) < 4.78 is 5.37. The quantitative estimate of drug-likeness (QED) is 0.915. The van der Waals surface area contributed by atoms with Crippen molar-refractivity contribution in [2.45, 2.75) is 45.6 Å². The Morgan fingerprint density at radius 3 is 3.09 bits per heavy atom. The van der Waals surface area contributed by atoms with Gasteiger partial charge in [-0.25, -0.2) is 4.79 Å². The van der Waals surface area contributed by atoms with Crippen molar-refractivity contribution in [3.63, 3.8) is 0 Å². The van der Waals surface area contributed by atoms with Crippen LogP contribution in [0.1, 0.15) is 49.2 Å². The molecule has 23 heavy (non-hydrogen) atoms. The predicted octanol–water partition coefficient (Wildman–Crippen LogP) is 4.30. The Hall–Kier alpha value is -2.30. The second kappa shape index (κ2) is 6.86. The number of benzene rings is 1. The SMILES string of the molecule is CCCc1cc([C@@H]2CCCN2C(=O)Nc2cccc(C)c2)no1. The van der Waals surface area contributed by atoms with Crippen LogP contribution in [-0.2, 0) is 6.42 Å². The van der Waals surface area contributed by atoms with E-state index in [1.165, 1.54) is 0 Å². The standard InChI is InChI=1S/C18H23N3O2/c1-3-6-15-12-16(20-23-15)17-9-5-10-21(17)18(22)19-14-8-4-7-13(2)11-14/h4,7-8,11-12,17H,3,5-6,9-10H2,1-2H3,(H,19,22)/t17-/m0/s1. The number of hydrogen-bond acceptors (Lipinski definition) is 3. The van der Waals surface area contributed by atoms with Crippen molar-refractivity contribution in [1.82, 2.24) is 10.1 Å². The summed E-state index contributed by atoms with van der Waals surface area (Å²) in [7, 11) is 0. The summed E-state index contributed by atoms with van der Waals surface area (Å²) in [5.41, 5.74) is 2.82. The smallest absolute Gasteiger partial charge is 0.322 e. The number of carbonyl (C=O) groups is 1. The number of aryl methyl sites for hydroxylation is 2. The van der Waals surface area contributed by atoms with E-state index < -0.39 is 0 Å². The molecular weight excluding hydrogens is 290 g/mol. The fourth-order valence-electron chi connectivity index (χ4n) is 3.09. The Balaban J connectivity index is 1.71. The van der Waals surface area contributed by atoms with E-state index in [1.807, 2.05) is 42.2 Å². The summed E-state index contributed by atoms with van der Waals surface area (Å²) in [6.45, 7) is 4.87. The lowest BCUT2D eigenvalue weighted by Gasteiger charge is -2.23. The van der Waals surface area contributed by atoms with Crippen LogP contribution in [0.5, 0.6) is 0 Å². The van der Waals surface area contributed by atoms with Gasteiger partial charge in [0.05, 0.1) is 6.04 Å². The highest BCUT2D eigenvalue weighted by Gasteiger charge is 2.32. The van der Waals surface area contributed by atoms with Crippen molar-refractivity contribution in [3.8, 4) is 0 Å². The molecule has 1 aromatic carbocycles. The summed E-state index contributed by atoms with van der Waals surface area (Å²) in [6.07, 6.45) is 3.83. The first-order valence-electron chi connectivity index (χ1n) is 8.27. The molecule has 122 valence electrons. The van der Waals surface area contributed by atoms with Gasteiger partial charge < -0.3 is 14.7 Å². The zero-order valence-corrected chi connectivity index (χ0v) is 13.7. The number of hydrogen-bond donors (Lipinski definition) is 1. The Kier molecular flexibility index (Phi) is 4.65. The molecule has 0 unspecified atom stereocenters. The van der Waals surface area contributed by atoms with Gasteiger partial charge in [-0.15, -0.1) is 0 Å². The summed E-state index contributed by atoms with van der Waals surface area (Å²) >= 11 is 0. The van der Waals surface area contributed by atoms with Gasteiger partial charge in [0.1, 0.15) is 11.5 Å². The third-order valence-corrected chi connectivity index (χ3v) is 4.20. The number of anilines is 1. The van der Waals surface area contributed by atoms with Crippen LogP contribution >= 0.6 is 0 Å². The highest BCUT2D eigenvalue weighted by atomic mass is 16.5. The van der Waals surface area contributed by atoms with Gasteiger partial charge in [0.15, 0.2) is 0 Å². The highest BCUT2D eigenvalue weighted by molar-refractivity contribution is 5.89. The van der Waals surface area contributed by atoms with Crippen molar-refractivity contribution in [3.05, 3.63) is 47.3 Å². The lowest BCUT2D eigenvalue weighted by molar-refractivity contribution is 0.204. The number of likely N-dealkylation sites (tertiary alicyclic amines) is 1. The second-order valence-corrected chi connectivity index (χ2v) is 6.12. The molecule has 2 heterocycles. The summed E-state index contributed by atoms with van der Waals surface area (Å²) in [4.78, 5) is 14.5. The molecule has 0 spiro atoms. The van der Waals surface area contributed by atoms with Gasteiger partial charge >= 0.3 is 6.03 Å². The van der Waals surface area contributed by atoms with Gasteiger partial charge in [0, 0.05) is 24.7 Å². The van der Waals surface area contributed by atoms with Crippen molar-refractivity contribution in [2.75, 3.05) is 11.9 Å². The number of aromatic nitrogens is 1.